The molecule has 1 fully saturated rings. The number of hydrogen-bond acceptors (Lipinski definition) is 6. The Labute approximate surface area is 180 Å². The highest BCUT2D eigenvalue weighted by Gasteiger charge is 2.39. The van der Waals surface area contributed by atoms with E-state index in [9.17, 15) is 13.2 Å². The van der Waals surface area contributed by atoms with E-state index >= 15 is 0 Å². The molecule has 1 amide bonds. The van der Waals surface area contributed by atoms with E-state index in [1.54, 1.807) is 25.3 Å². The van der Waals surface area contributed by atoms with Gasteiger partial charge in [0.1, 0.15) is 17.6 Å². The topological polar surface area (TPSA) is 117 Å². The van der Waals surface area contributed by atoms with Gasteiger partial charge in [-0.1, -0.05) is 18.2 Å². The van der Waals surface area contributed by atoms with Crippen molar-refractivity contribution in [2.45, 2.75) is 30.3 Å². The molecule has 162 valence electrons. The molecule has 2 N–H and O–H groups in total. The van der Waals surface area contributed by atoms with Gasteiger partial charge in [0.2, 0.25) is 15.9 Å². The average Bonchev–Trinajstić information content (AvgIpc) is 3.48. The standard InChI is InChI=1S/C21H23N5O4S/c1-30-16-11-9-15(10-12-16)20-23-19(24-25-20)14-22-21(27)18-8-5-13-26(18)31(28,29)17-6-3-2-4-7-17/h2-4,6-7,9-12,18H,5,8,13-14H2,1H3,(H,22,27)(H,23,24,25). The van der Waals surface area contributed by atoms with Crippen molar-refractivity contribution >= 4 is 15.9 Å². The lowest BCUT2D eigenvalue weighted by molar-refractivity contribution is -0.124. The van der Waals surface area contributed by atoms with Crippen molar-refractivity contribution in [2.24, 2.45) is 0 Å². The van der Waals surface area contributed by atoms with Crippen LogP contribution in [0.4, 0.5) is 0 Å². The van der Waals surface area contributed by atoms with Crippen LogP contribution in [0, 0.1) is 0 Å². The summed E-state index contributed by atoms with van der Waals surface area (Å²) in [4.78, 5) is 17.3. The molecule has 2 heterocycles. The number of rotatable bonds is 7. The number of aromatic amines is 1. The third kappa shape index (κ3) is 4.44. The maximum atomic E-state index is 12.9. The zero-order valence-corrected chi connectivity index (χ0v) is 17.8. The first-order valence-corrected chi connectivity index (χ1v) is 11.3. The number of amides is 1. The number of carbonyl (C=O) groups is 1. The molecular formula is C21H23N5O4S. The van der Waals surface area contributed by atoms with E-state index in [4.69, 9.17) is 4.74 Å². The van der Waals surface area contributed by atoms with Crippen LogP contribution in [0.25, 0.3) is 11.4 Å². The van der Waals surface area contributed by atoms with Crippen LogP contribution in [0.3, 0.4) is 0 Å². The summed E-state index contributed by atoms with van der Waals surface area (Å²) >= 11 is 0. The van der Waals surface area contributed by atoms with E-state index in [0.717, 1.165) is 11.3 Å². The Balaban J connectivity index is 1.41. The third-order valence-electron chi connectivity index (χ3n) is 5.17. The largest absolute Gasteiger partial charge is 0.497 e. The van der Waals surface area contributed by atoms with Gasteiger partial charge in [-0.2, -0.15) is 9.40 Å². The van der Waals surface area contributed by atoms with Gasteiger partial charge in [-0.25, -0.2) is 13.4 Å². The van der Waals surface area contributed by atoms with Gasteiger partial charge in [-0.3, -0.25) is 9.89 Å². The maximum absolute atomic E-state index is 12.9. The van der Waals surface area contributed by atoms with E-state index in [2.05, 4.69) is 20.5 Å². The Morgan fingerprint density at radius 2 is 1.94 bits per heavy atom. The minimum absolute atomic E-state index is 0.123. The molecule has 3 aromatic rings. The molecule has 31 heavy (non-hydrogen) atoms. The normalized spacial score (nSPS) is 16.9. The monoisotopic (exact) mass is 441 g/mol. The molecule has 0 bridgehead atoms. The first kappa shape index (κ1) is 21.0. The van der Waals surface area contributed by atoms with Gasteiger partial charge in [0.25, 0.3) is 0 Å². The molecule has 0 saturated carbocycles. The Kier molecular flexibility index (Phi) is 6.01. The first-order valence-electron chi connectivity index (χ1n) is 9.89. The van der Waals surface area contributed by atoms with Crippen LogP contribution in [-0.2, 0) is 21.4 Å². The third-order valence-corrected chi connectivity index (χ3v) is 7.09. The average molecular weight is 442 g/mol. The van der Waals surface area contributed by atoms with Crippen molar-refractivity contribution in [3.63, 3.8) is 0 Å². The number of hydrogen-bond donors (Lipinski definition) is 2. The second-order valence-electron chi connectivity index (χ2n) is 7.14. The zero-order valence-electron chi connectivity index (χ0n) is 17.0. The Bertz CT molecular complexity index is 1150. The Morgan fingerprint density at radius 3 is 2.65 bits per heavy atom. The highest BCUT2D eigenvalue weighted by Crippen LogP contribution is 2.26. The van der Waals surface area contributed by atoms with Gasteiger partial charge in [-0.05, 0) is 49.2 Å². The molecule has 1 aliphatic rings. The molecule has 0 aliphatic carbocycles. The molecule has 1 unspecified atom stereocenters. The zero-order chi connectivity index (χ0) is 21.8. The second-order valence-corrected chi connectivity index (χ2v) is 9.03. The summed E-state index contributed by atoms with van der Waals surface area (Å²) in [6.45, 7) is 0.441. The summed E-state index contributed by atoms with van der Waals surface area (Å²) in [5.74, 6) is 1.37. The number of methoxy groups -OCH3 is 1. The van der Waals surface area contributed by atoms with Gasteiger partial charge < -0.3 is 10.1 Å². The number of aromatic nitrogens is 3. The summed E-state index contributed by atoms with van der Waals surface area (Å²) in [6.07, 6.45) is 1.11. The highest BCUT2D eigenvalue weighted by molar-refractivity contribution is 7.89. The SMILES string of the molecule is COc1ccc(-c2n[nH]c(CNC(=O)C3CCCN3S(=O)(=O)c3ccccc3)n2)cc1. The molecule has 0 spiro atoms. The summed E-state index contributed by atoms with van der Waals surface area (Å²) in [5, 5.41) is 9.76. The van der Waals surface area contributed by atoms with Crippen LogP contribution in [0.15, 0.2) is 59.5 Å². The Hall–Kier alpha value is -3.24. The molecule has 10 heteroatoms. The fourth-order valence-electron chi connectivity index (χ4n) is 3.55. The summed E-state index contributed by atoms with van der Waals surface area (Å²) in [6, 6.07) is 14.7. The predicted molar refractivity (Wildman–Crippen MR) is 114 cm³/mol. The van der Waals surface area contributed by atoms with Crippen molar-refractivity contribution in [1.29, 1.82) is 0 Å². The van der Waals surface area contributed by atoms with Crippen LogP contribution < -0.4 is 10.1 Å². The van der Waals surface area contributed by atoms with Gasteiger partial charge in [0.15, 0.2) is 5.82 Å². The molecule has 1 aromatic heterocycles. The number of H-pyrrole nitrogens is 1. The van der Waals surface area contributed by atoms with Gasteiger partial charge in [-0.15, -0.1) is 0 Å². The van der Waals surface area contributed by atoms with Crippen LogP contribution in [0.2, 0.25) is 0 Å². The Morgan fingerprint density at radius 1 is 1.19 bits per heavy atom. The van der Waals surface area contributed by atoms with E-state index in [-0.39, 0.29) is 17.3 Å². The fourth-order valence-corrected chi connectivity index (χ4v) is 5.23. The molecular weight excluding hydrogens is 418 g/mol. The summed E-state index contributed by atoms with van der Waals surface area (Å²) in [7, 11) is -2.13. The van der Waals surface area contributed by atoms with E-state index in [0.29, 0.717) is 31.0 Å². The smallest absolute Gasteiger partial charge is 0.243 e. The molecule has 2 aromatic carbocycles. The molecule has 1 atom stereocenters. The van der Waals surface area contributed by atoms with Gasteiger partial charge >= 0.3 is 0 Å². The lowest BCUT2D eigenvalue weighted by Crippen LogP contribution is -2.45. The number of nitrogens with one attached hydrogen (secondary N) is 2. The summed E-state index contributed by atoms with van der Waals surface area (Å²) < 4.78 is 32.3. The van der Waals surface area contributed by atoms with Crippen LogP contribution in [-0.4, -0.2) is 53.5 Å². The molecule has 0 radical (unpaired) electrons. The molecule has 1 aliphatic heterocycles. The molecule has 4 rings (SSSR count). The predicted octanol–water partition coefficient (Wildman–Crippen LogP) is 1.95. The van der Waals surface area contributed by atoms with Crippen molar-refractivity contribution in [3.8, 4) is 17.1 Å². The first-order chi connectivity index (χ1) is 15.0. The van der Waals surface area contributed by atoms with Gasteiger partial charge in [0, 0.05) is 12.1 Å². The minimum Gasteiger partial charge on any atom is -0.497 e. The summed E-state index contributed by atoms with van der Waals surface area (Å²) in [5.41, 5.74) is 0.811. The van der Waals surface area contributed by atoms with Crippen molar-refractivity contribution in [1.82, 2.24) is 24.8 Å². The van der Waals surface area contributed by atoms with Crippen LogP contribution >= 0.6 is 0 Å². The van der Waals surface area contributed by atoms with Crippen LogP contribution in [0.5, 0.6) is 5.75 Å². The lowest BCUT2D eigenvalue weighted by atomic mass is 10.2. The van der Waals surface area contributed by atoms with E-state index in [1.165, 1.54) is 16.4 Å². The van der Waals surface area contributed by atoms with E-state index < -0.39 is 16.1 Å². The fraction of sp³-hybridized carbons (Fsp3) is 0.286. The number of ether oxygens (including phenoxy) is 1. The quantitative estimate of drug-likeness (QED) is 0.579. The maximum Gasteiger partial charge on any atom is 0.243 e. The molecule has 1 saturated heterocycles. The van der Waals surface area contributed by atoms with E-state index in [1.807, 2.05) is 24.3 Å². The highest BCUT2D eigenvalue weighted by atomic mass is 32.2. The van der Waals surface area contributed by atoms with Crippen LogP contribution in [0.1, 0.15) is 18.7 Å². The number of carbonyl (C=O) groups excluding carboxylic acids is 1. The second kappa shape index (κ2) is 8.86. The van der Waals surface area contributed by atoms with Gasteiger partial charge in [0.05, 0.1) is 18.6 Å². The number of sulfonamides is 1. The lowest BCUT2D eigenvalue weighted by Gasteiger charge is -2.23. The molecule has 9 nitrogen and oxygen atoms in total. The van der Waals surface area contributed by atoms with Crippen molar-refractivity contribution < 1.29 is 17.9 Å². The van der Waals surface area contributed by atoms with Crippen molar-refractivity contribution in [3.05, 3.63) is 60.4 Å². The minimum atomic E-state index is -3.73. The number of benzene rings is 2. The number of nitrogens with zero attached hydrogens (tertiary/aromatic N) is 3. The van der Waals surface area contributed by atoms with Crippen molar-refractivity contribution in [2.75, 3.05) is 13.7 Å².